The Morgan fingerprint density at radius 1 is 1.38 bits per heavy atom. The van der Waals surface area contributed by atoms with E-state index in [2.05, 4.69) is 45.9 Å². The summed E-state index contributed by atoms with van der Waals surface area (Å²) in [5, 5.41) is 8.05. The summed E-state index contributed by atoms with van der Waals surface area (Å²) >= 11 is 0. The highest BCUT2D eigenvalue weighted by atomic mass is 16.2. The van der Waals surface area contributed by atoms with Gasteiger partial charge < -0.3 is 9.80 Å². The molecule has 1 N–H and O–H groups in total. The van der Waals surface area contributed by atoms with Crippen LogP contribution in [0.2, 0.25) is 0 Å². The molecule has 1 amide bonds. The van der Waals surface area contributed by atoms with E-state index in [9.17, 15) is 4.79 Å². The van der Waals surface area contributed by atoms with Gasteiger partial charge >= 0.3 is 0 Å². The SMILES string of the molecule is Cc1cc(C(=O)N2CCN(C)CC2CC(C)C)c2c(C)[nH]nc2n1. The Bertz CT molecular complexity index is 749. The summed E-state index contributed by atoms with van der Waals surface area (Å²) in [7, 11) is 2.13. The molecule has 1 aliphatic heterocycles. The van der Waals surface area contributed by atoms with Crippen LogP contribution in [-0.2, 0) is 0 Å². The number of aryl methyl sites for hydroxylation is 2. The van der Waals surface area contributed by atoms with Crippen molar-refractivity contribution in [2.75, 3.05) is 26.7 Å². The maximum absolute atomic E-state index is 13.4. The molecule has 3 heterocycles. The molecule has 6 heteroatoms. The molecule has 0 aliphatic carbocycles. The van der Waals surface area contributed by atoms with Gasteiger partial charge in [0.05, 0.1) is 10.9 Å². The third kappa shape index (κ3) is 3.15. The molecule has 0 saturated carbocycles. The molecule has 0 spiro atoms. The predicted octanol–water partition coefficient (Wildman–Crippen LogP) is 2.38. The van der Waals surface area contributed by atoms with Crippen molar-refractivity contribution in [3.63, 3.8) is 0 Å². The van der Waals surface area contributed by atoms with Crippen LogP contribution in [0.4, 0.5) is 0 Å². The van der Waals surface area contributed by atoms with E-state index < -0.39 is 0 Å². The number of likely N-dealkylation sites (N-methyl/N-ethyl adjacent to an activating group) is 1. The van der Waals surface area contributed by atoms with Gasteiger partial charge in [-0.05, 0) is 39.3 Å². The number of carbonyl (C=O) groups is 1. The van der Waals surface area contributed by atoms with E-state index in [0.29, 0.717) is 11.6 Å². The molecule has 1 fully saturated rings. The van der Waals surface area contributed by atoms with Crippen LogP contribution in [0.5, 0.6) is 0 Å². The standard InChI is InChI=1S/C18H27N5O/c1-11(2)8-14-10-22(5)6-7-23(14)18(24)15-9-12(3)19-17-16(15)13(4)20-21-17/h9,11,14H,6-8,10H2,1-5H3,(H,19,20,21). The Hall–Kier alpha value is -1.95. The second kappa shape index (κ2) is 6.51. The summed E-state index contributed by atoms with van der Waals surface area (Å²) in [5.41, 5.74) is 3.08. The Balaban J connectivity index is 1.99. The first-order chi connectivity index (χ1) is 11.4. The number of hydrogen-bond donors (Lipinski definition) is 1. The molecule has 1 atom stereocenters. The number of carbonyl (C=O) groups excluding carboxylic acids is 1. The zero-order valence-electron chi connectivity index (χ0n) is 15.3. The maximum atomic E-state index is 13.4. The van der Waals surface area contributed by atoms with Crippen molar-refractivity contribution in [1.82, 2.24) is 25.0 Å². The van der Waals surface area contributed by atoms with E-state index in [1.54, 1.807) is 0 Å². The van der Waals surface area contributed by atoms with Crippen molar-refractivity contribution in [2.45, 2.75) is 40.2 Å². The van der Waals surface area contributed by atoms with Crippen molar-refractivity contribution < 1.29 is 4.79 Å². The number of aromatic nitrogens is 3. The Morgan fingerprint density at radius 3 is 2.83 bits per heavy atom. The number of nitrogens with zero attached hydrogens (tertiary/aromatic N) is 4. The molecular weight excluding hydrogens is 302 g/mol. The fourth-order valence-corrected chi connectivity index (χ4v) is 3.65. The average Bonchev–Trinajstić information content (AvgIpc) is 2.86. The maximum Gasteiger partial charge on any atom is 0.255 e. The number of nitrogens with one attached hydrogen (secondary N) is 1. The van der Waals surface area contributed by atoms with Crippen molar-refractivity contribution in [3.8, 4) is 0 Å². The molecule has 24 heavy (non-hydrogen) atoms. The van der Waals surface area contributed by atoms with Gasteiger partial charge in [0.25, 0.3) is 5.91 Å². The van der Waals surface area contributed by atoms with Crippen LogP contribution in [0.3, 0.4) is 0 Å². The summed E-state index contributed by atoms with van der Waals surface area (Å²) in [6.45, 7) is 10.9. The molecule has 130 valence electrons. The number of piperazine rings is 1. The number of fused-ring (bicyclic) bond motifs is 1. The highest BCUT2D eigenvalue weighted by molar-refractivity contribution is 6.06. The van der Waals surface area contributed by atoms with E-state index in [-0.39, 0.29) is 11.9 Å². The Morgan fingerprint density at radius 2 is 2.12 bits per heavy atom. The van der Waals surface area contributed by atoms with E-state index in [1.807, 2.05) is 19.9 Å². The zero-order chi connectivity index (χ0) is 17.4. The second-order valence-corrected chi connectivity index (χ2v) is 7.40. The van der Waals surface area contributed by atoms with Gasteiger partial charge in [-0.3, -0.25) is 9.89 Å². The molecule has 1 saturated heterocycles. The van der Waals surface area contributed by atoms with Crippen molar-refractivity contribution in [2.24, 2.45) is 5.92 Å². The molecule has 1 aliphatic rings. The van der Waals surface area contributed by atoms with Gasteiger partial charge in [0.2, 0.25) is 0 Å². The van der Waals surface area contributed by atoms with Gasteiger partial charge in [-0.2, -0.15) is 5.10 Å². The number of hydrogen-bond acceptors (Lipinski definition) is 4. The molecule has 6 nitrogen and oxygen atoms in total. The molecule has 0 radical (unpaired) electrons. The lowest BCUT2D eigenvalue weighted by molar-refractivity contribution is 0.0462. The molecule has 1 unspecified atom stereocenters. The molecular formula is C18H27N5O. The zero-order valence-corrected chi connectivity index (χ0v) is 15.3. The molecule has 3 rings (SSSR count). The van der Waals surface area contributed by atoms with E-state index in [0.717, 1.165) is 48.4 Å². The highest BCUT2D eigenvalue weighted by Gasteiger charge is 2.31. The van der Waals surface area contributed by atoms with E-state index in [4.69, 9.17) is 0 Å². The first-order valence-electron chi connectivity index (χ1n) is 8.68. The first kappa shape index (κ1) is 16.9. The summed E-state index contributed by atoms with van der Waals surface area (Å²) in [4.78, 5) is 22.2. The Kier molecular flexibility index (Phi) is 4.58. The predicted molar refractivity (Wildman–Crippen MR) is 95.1 cm³/mol. The Labute approximate surface area is 143 Å². The van der Waals surface area contributed by atoms with Crippen LogP contribution in [0.15, 0.2) is 6.07 Å². The quantitative estimate of drug-likeness (QED) is 0.939. The largest absolute Gasteiger partial charge is 0.333 e. The number of amides is 1. The van der Waals surface area contributed by atoms with Gasteiger partial charge in [0.1, 0.15) is 0 Å². The normalized spacial score (nSPS) is 19.4. The second-order valence-electron chi connectivity index (χ2n) is 7.40. The smallest absolute Gasteiger partial charge is 0.255 e. The van der Waals surface area contributed by atoms with Crippen LogP contribution in [0.1, 0.15) is 42.0 Å². The topological polar surface area (TPSA) is 65.1 Å². The van der Waals surface area contributed by atoms with Crippen LogP contribution >= 0.6 is 0 Å². The molecule has 0 bridgehead atoms. The third-order valence-corrected chi connectivity index (χ3v) is 4.75. The van der Waals surface area contributed by atoms with Gasteiger partial charge in [-0.1, -0.05) is 13.8 Å². The summed E-state index contributed by atoms with van der Waals surface area (Å²) in [6.07, 6.45) is 1.02. The minimum atomic E-state index is 0.105. The van der Waals surface area contributed by atoms with Gasteiger partial charge in [-0.25, -0.2) is 4.98 Å². The monoisotopic (exact) mass is 329 g/mol. The minimum absolute atomic E-state index is 0.105. The average molecular weight is 329 g/mol. The van der Waals surface area contributed by atoms with Crippen LogP contribution in [0.25, 0.3) is 11.0 Å². The van der Waals surface area contributed by atoms with Gasteiger partial charge in [0.15, 0.2) is 5.65 Å². The first-order valence-corrected chi connectivity index (χ1v) is 8.68. The lowest BCUT2D eigenvalue weighted by Gasteiger charge is -2.41. The van der Waals surface area contributed by atoms with Gasteiger partial charge in [-0.15, -0.1) is 0 Å². The lowest BCUT2D eigenvalue weighted by Crippen LogP contribution is -2.54. The molecule has 0 aromatic carbocycles. The number of rotatable bonds is 3. The van der Waals surface area contributed by atoms with E-state index in [1.165, 1.54) is 0 Å². The van der Waals surface area contributed by atoms with Crippen LogP contribution in [-0.4, -0.2) is 63.6 Å². The summed E-state index contributed by atoms with van der Waals surface area (Å²) in [5.74, 6) is 0.667. The fourth-order valence-electron chi connectivity index (χ4n) is 3.65. The van der Waals surface area contributed by atoms with Crippen molar-refractivity contribution in [3.05, 3.63) is 23.0 Å². The number of aromatic amines is 1. The van der Waals surface area contributed by atoms with Crippen molar-refractivity contribution >= 4 is 16.9 Å². The van der Waals surface area contributed by atoms with Crippen molar-refractivity contribution in [1.29, 1.82) is 0 Å². The number of pyridine rings is 1. The summed E-state index contributed by atoms with van der Waals surface area (Å²) < 4.78 is 0. The number of H-pyrrole nitrogens is 1. The highest BCUT2D eigenvalue weighted by Crippen LogP contribution is 2.25. The van der Waals surface area contributed by atoms with E-state index >= 15 is 0 Å². The summed E-state index contributed by atoms with van der Waals surface area (Å²) in [6, 6.07) is 2.16. The van der Waals surface area contributed by atoms with Gasteiger partial charge in [0, 0.05) is 37.1 Å². The third-order valence-electron chi connectivity index (χ3n) is 4.75. The van der Waals surface area contributed by atoms with Crippen LogP contribution < -0.4 is 0 Å². The lowest BCUT2D eigenvalue weighted by atomic mass is 9.98. The van der Waals surface area contributed by atoms with Crippen LogP contribution in [0, 0.1) is 19.8 Å². The minimum Gasteiger partial charge on any atom is -0.333 e. The fraction of sp³-hybridized carbons (Fsp3) is 0.611. The molecule has 2 aromatic rings. The molecule has 2 aromatic heterocycles.